The Morgan fingerprint density at radius 3 is 2.66 bits per heavy atom. The van der Waals surface area contributed by atoms with E-state index in [0.717, 1.165) is 23.3 Å². The lowest BCUT2D eigenvalue weighted by Crippen LogP contribution is -2.05. The highest BCUT2D eigenvalue weighted by molar-refractivity contribution is 6.30. The number of aryl methyl sites for hydroxylation is 1. The van der Waals surface area contributed by atoms with Gasteiger partial charge in [-0.05, 0) is 42.5 Å². The SMILES string of the molecule is O=c1ccc2ccc(OCCCn3cc(COc4ccc(Cl)cc4)nn3)cc2o1. The maximum Gasteiger partial charge on any atom is 0.336 e. The first-order chi connectivity index (χ1) is 14.2. The summed E-state index contributed by atoms with van der Waals surface area (Å²) in [5.41, 5.74) is 0.874. The van der Waals surface area contributed by atoms with Crippen LogP contribution < -0.4 is 15.1 Å². The molecule has 4 rings (SSSR count). The highest BCUT2D eigenvalue weighted by Crippen LogP contribution is 2.19. The van der Waals surface area contributed by atoms with Gasteiger partial charge in [-0.3, -0.25) is 4.68 Å². The number of nitrogens with zero attached hydrogens (tertiary/aromatic N) is 3. The number of aromatic nitrogens is 3. The van der Waals surface area contributed by atoms with E-state index in [-0.39, 0.29) is 5.63 Å². The molecule has 0 aliphatic heterocycles. The van der Waals surface area contributed by atoms with Crippen molar-refractivity contribution < 1.29 is 13.9 Å². The molecule has 0 bridgehead atoms. The molecule has 2 heterocycles. The fourth-order valence-electron chi connectivity index (χ4n) is 2.75. The van der Waals surface area contributed by atoms with Crippen molar-refractivity contribution in [3.8, 4) is 11.5 Å². The van der Waals surface area contributed by atoms with E-state index in [1.165, 1.54) is 6.07 Å². The van der Waals surface area contributed by atoms with Gasteiger partial charge in [-0.15, -0.1) is 5.10 Å². The van der Waals surface area contributed by atoms with E-state index < -0.39 is 0 Å². The van der Waals surface area contributed by atoms with Crippen molar-refractivity contribution in [1.82, 2.24) is 15.0 Å². The summed E-state index contributed by atoms with van der Waals surface area (Å²) in [7, 11) is 0. The van der Waals surface area contributed by atoms with Crippen LogP contribution >= 0.6 is 11.6 Å². The van der Waals surface area contributed by atoms with Gasteiger partial charge >= 0.3 is 5.63 Å². The van der Waals surface area contributed by atoms with Crippen molar-refractivity contribution in [2.45, 2.75) is 19.6 Å². The molecule has 0 saturated heterocycles. The highest BCUT2D eigenvalue weighted by Gasteiger charge is 2.04. The van der Waals surface area contributed by atoms with Gasteiger partial charge in [-0.1, -0.05) is 16.8 Å². The smallest absolute Gasteiger partial charge is 0.336 e. The summed E-state index contributed by atoms with van der Waals surface area (Å²) >= 11 is 5.85. The van der Waals surface area contributed by atoms with Crippen molar-refractivity contribution in [3.63, 3.8) is 0 Å². The molecule has 0 fully saturated rings. The van der Waals surface area contributed by atoms with Gasteiger partial charge in [0.25, 0.3) is 0 Å². The van der Waals surface area contributed by atoms with Gasteiger partial charge < -0.3 is 13.9 Å². The first-order valence-corrected chi connectivity index (χ1v) is 9.48. The third kappa shape index (κ3) is 5.14. The standard InChI is InChI=1S/C21H18ClN3O4/c22-16-4-7-18(8-5-16)28-14-17-13-25(24-23-17)10-1-11-27-19-6-2-15-3-9-21(26)29-20(15)12-19/h2-9,12-13H,1,10-11,14H2. The van der Waals surface area contributed by atoms with E-state index in [2.05, 4.69) is 10.3 Å². The highest BCUT2D eigenvalue weighted by atomic mass is 35.5. The molecule has 0 amide bonds. The monoisotopic (exact) mass is 411 g/mol. The van der Waals surface area contributed by atoms with Crippen molar-refractivity contribution in [1.29, 1.82) is 0 Å². The molecule has 0 aliphatic carbocycles. The van der Waals surface area contributed by atoms with Crippen LogP contribution in [0.25, 0.3) is 11.0 Å². The van der Waals surface area contributed by atoms with Crippen LogP contribution in [0.15, 0.2) is 70.0 Å². The average molecular weight is 412 g/mol. The Hall–Kier alpha value is -3.32. The van der Waals surface area contributed by atoms with Crippen LogP contribution in [0.5, 0.6) is 11.5 Å². The van der Waals surface area contributed by atoms with Gasteiger partial charge in [0.15, 0.2) is 0 Å². The second-order valence-electron chi connectivity index (χ2n) is 6.37. The van der Waals surface area contributed by atoms with Crippen LogP contribution in [0.2, 0.25) is 5.02 Å². The molecule has 0 saturated carbocycles. The second-order valence-corrected chi connectivity index (χ2v) is 6.81. The topological polar surface area (TPSA) is 79.4 Å². The molecule has 0 aliphatic rings. The van der Waals surface area contributed by atoms with Gasteiger partial charge in [-0.2, -0.15) is 0 Å². The normalized spacial score (nSPS) is 10.9. The summed E-state index contributed by atoms with van der Waals surface area (Å²) in [6, 6.07) is 15.7. The summed E-state index contributed by atoms with van der Waals surface area (Å²) in [4.78, 5) is 11.3. The van der Waals surface area contributed by atoms with E-state index in [1.54, 1.807) is 28.9 Å². The molecule has 0 unspecified atom stereocenters. The zero-order valence-electron chi connectivity index (χ0n) is 15.5. The van der Waals surface area contributed by atoms with E-state index in [9.17, 15) is 4.79 Å². The first-order valence-electron chi connectivity index (χ1n) is 9.10. The zero-order chi connectivity index (χ0) is 20.1. The maximum absolute atomic E-state index is 11.3. The third-order valence-electron chi connectivity index (χ3n) is 4.18. The van der Waals surface area contributed by atoms with E-state index >= 15 is 0 Å². The molecule has 2 aromatic heterocycles. The molecule has 0 spiro atoms. The van der Waals surface area contributed by atoms with Gasteiger partial charge in [0, 0.05) is 35.5 Å². The summed E-state index contributed by atoms with van der Waals surface area (Å²) in [5, 5.41) is 9.73. The van der Waals surface area contributed by atoms with Crippen molar-refractivity contribution in [2.24, 2.45) is 0 Å². The fraction of sp³-hybridized carbons (Fsp3) is 0.190. The molecular weight excluding hydrogens is 394 g/mol. The number of halogens is 1. The van der Waals surface area contributed by atoms with Crippen LogP contribution in [0.1, 0.15) is 12.1 Å². The number of fused-ring (bicyclic) bond motifs is 1. The van der Waals surface area contributed by atoms with Crippen molar-refractivity contribution in [3.05, 3.63) is 81.9 Å². The Kier molecular flexibility index (Phi) is 5.76. The second kappa shape index (κ2) is 8.79. The number of hydrogen-bond donors (Lipinski definition) is 0. The molecule has 7 nitrogen and oxygen atoms in total. The predicted octanol–water partition coefficient (Wildman–Crippen LogP) is 4.09. The Morgan fingerprint density at radius 1 is 1.00 bits per heavy atom. The molecule has 0 N–H and O–H groups in total. The fourth-order valence-corrected chi connectivity index (χ4v) is 2.88. The lowest BCUT2D eigenvalue weighted by Gasteiger charge is -2.06. The minimum absolute atomic E-state index is 0.334. The van der Waals surface area contributed by atoms with E-state index in [0.29, 0.717) is 36.1 Å². The Labute approximate surface area is 171 Å². The molecule has 4 aromatic rings. The summed E-state index contributed by atoms with van der Waals surface area (Å²) in [6.45, 7) is 1.50. The predicted molar refractivity (Wildman–Crippen MR) is 108 cm³/mol. The minimum atomic E-state index is -0.378. The van der Waals surface area contributed by atoms with Gasteiger partial charge in [0.1, 0.15) is 29.4 Å². The van der Waals surface area contributed by atoms with Crippen molar-refractivity contribution in [2.75, 3.05) is 6.61 Å². The quantitative estimate of drug-likeness (QED) is 0.321. The van der Waals surface area contributed by atoms with Gasteiger partial charge in [-0.25, -0.2) is 4.79 Å². The van der Waals surface area contributed by atoms with Crippen LogP contribution in [0.3, 0.4) is 0 Å². The Morgan fingerprint density at radius 2 is 1.79 bits per heavy atom. The zero-order valence-corrected chi connectivity index (χ0v) is 16.2. The molecule has 29 heavy (non-hydrogen) atoms. The maximum atomic E-state index is 11.3. The molecule has 0 radical (unpaired) electrons. The number of rotatable bonds is 8. The van der Waals surface area contributed by atoms with Crippen molar-refractivity contribution >= 4 is 22.6 Å². The lowest BCUT2D eigenvalue weighted by molar-refractivity contribution is 0.297. The minimum Gasteiger partial charge on any atom is -0.493 e. The molecule has 0 atom stereocenters. The number of ether oxygens (including phenoxy) is 2. The summed E-state index contributed by atoms with van der Waals surface area (Å²) in [5.74, 6) is 1.38. The van der Waals surface area contributed by atoms with Crippen LogP contribution in [0.4, 0.5) is 0 Å². The Balaban J connectivity index is 1.24. The number of benzene rings is 2. The average Bonchev–Trinajstić information content (AvgIpc) is 3.18. The number of hydrogen-bond acceptors (Lipinski definition) is 6. The molecular formula is C21H18ClN3O4. The molecule has 8 heteroatoms. The van der Waals surface area contributed by atoms with Crippen LogP contribution in [0, 0.1) is 0 Å². The van der Waals surface area contributed by atoms with E-state index in [1.807, 2.05) is 30.5 Å². The lowest BCUT2D eigenvalue weighted by atomic mass is 10.2. The molecule has 2 aromatic carbocycles. The summed E-state index contributed by atoms with van der Waals surface area (Å²) in [6.07, 6.45) is 2.60. The Bertz CT molecular complexity index is 1150. The van der Waals surface area contributed by atoms with Gasteiger partial charge in [0.2, 0.25) is 0 Å². The molecule has 148 valence electrons. The van der Waals surface area contributed by atoms with Crippen LogP contribution in [-0.4, -0.2) is 21.6 Å². The summed E-state index contributed by atoms with van der Waals surface area (Å²) < 4.78 is 18.3. The largest absolute Gasteiger partial charge is 0.493 e. The van der Waals surface area contributed by atoms with Gasteiger partial charge in [0.05, 0.1) is 12.8 Å². The van der Waals surface area contributed by atoms with E-state index in [4.69, 9.17) is 25.5 Å². The first kappa shape index (κ1) is 19.0. The third-order valence-corrected chi connectivity index (χ3v) is 4.43. The van der Waals surface area contributed by atoms with Crippen LogP contribution in [-0.2, 0) is 13.2 Å².